The van der Waals surface area contributed by atoms with Crippen molar-refractivity contribution < 1.29 is 4.79 Å². The van der Waals surface area contributed by atoms with E-state index in [-0.39, 0.29) is 12.4 Å². The third-order valence-corrected chi connectivity index (χ3v) is 4.84. The number of amides is 1. The summed E-state index contributed by atoms with van der Waals surface area (Å²) in [4.78, 5) is 12.1. The van der Waals surface area contributed by atoms with Gasteiger partial charge < -0.3 is 10.6 Å². The molecule has 2 aliphatic rings. The molecule has 118 valence electrons. The van der Waals surface area contributed by atoms with Crippen molar-refractivity contribution in [3.8, 4) is 0 Å². The molecule has 1 aliphatic carbocycles. The highest BCUT2D eigenvalue weighted by Gasteiger charge is 2.23. The van der Waals surface area contributed by atoms with Gasteiger partial charge in [-0.25, -0.2) is 0 Å². The van der Waals surface area contributed by atoms with Crippen LogP contribution in [0.1, 0.15) is 64.7 Å². The van der Waals surface area contributed by atoms with Crippen molar-refractivity contribution in [2.45, 2.75) is 70.8 Å². The van der Waals surface area contributed by atoms with Crippen LogP contribution in [0.25, 0.3) is 0 Å². The van der Waals surface area contributed by atoms with E-state index in [1.807, 2.05) is 0 Å². The predicted octanol–water partition coefficient (Wildman–Crippen LogP) is 3.27. The molecule has 0 radical (unpaired) electrons. The molecule has 0 unspecified atom stereocenters. The minimum atomic E-state index is 0. The largest absolute Gasteiger partial charge is 0.353 e. The zero-order valence-corrected chi connectivity index (χ0v) is 13.6. The molecular formula is C16H31ClN2O. The van der Waals surface area contributed by atoms with Crippen LogP contribution < -0.4 is 10.6 Å². The summed E-state index contributed by atoms with van der Waals surface area (Å²) >= 11 is 0. The molecule has 0 aromatic carbocycles. The fraction of sp³-hybridized carbons (Fsp3) is 0.938. The summed E-state index contributed by atoms with van der Waals surface area (Å²) in [5.74, 6) is 1.83. The second-order valence-electron chi connectivity index (χ2n) is 6.47. The Bertz CT molecular complexity index is 272. The van der Waals surface area contributed by atoms with E-state index in [4.69, 9.17) is 0 Å². The molecule has 1 saturated carbocycles. The van der Waals surface area contributed by atoms with Gasteiger partial charge in [-0.3, -0.25) is 4.79 Å². The second kappa shape index (κ2) is 9.62. The predicted molar refractivity (Wildman–Crippen MR) is 86.3 cm³/mol. The fourth-order valence-corrected chi connectivity index (χ4v) is 3.64. The molecule has 4 heteroatoms. The van der Waals surface area contributed by atoms with Gasteiger partial charge in [0, 0.05) is 12.5 Å². The first kappa shape index (κ1) is 17.8. The Balaban J connectivity index is 0.00000200. The number of hydrogen-bond donors (Lipinski definition) is 2. The lowest BCUT2D eigenvalue weighted by atomic mass is 9.83. The molecule has 2 fully saturated rings. The van der Waals surface area contributed by atoms with Crippen LogP contribution in [0.15, 0.2) is 0 Å². The summed E-state index contributed by atoms with van der Waals surface area (Å²) in [5.41, 5.74) is 0. The topological polar surface area (TPSA) is 41.1 Å². The van der Waals surface area contributed by atoms with Crippen LogP contribution >= 0.6 is 12.4 Å². The first-order valence-electron chi connectivity index (χ1n) is 8.28. The van der Waals surface area contributed by atoms with Crippen molar-refractivity contribution in [3.63, 3.8) is 0 Å². The van der Waals surface area contributed by atoms with Crippen LogP contribution in [0.4, 0.5) is 0 Å². The number of piperidine rings is 1. The summed E-state index contributed by atoms with van der Waals surface area (Å²) in [5, 5.41) is 6.62. The Morgan fingerprint density at radius 1 is 1.05 bits per heavy atom. The standard InChI is InChI=1S/C16H30N2O.ClH/c1-2-3-13-4-6-15(7-5-13)18-16(19)12-14-8-10-17-11-9-14;/h13-15,17H,2-12H2,1H3,(H,18,19);1H. The molecule has 1 amide bonds. The van der Waals surface area contributed by atoms with Crippen LogP contribution in [-0.4, -0.2) is 25.0 Å². The molecule has 1 saturated heterocycles. The number of nitrogens with one attached hydrogen (secondary N) is 2. The lowest BCUT2D eigenvalue weighted by molar-refractivity contribution is -0.123. The van der Waals surface area contributed by atoms with Crippen molar-refractivity contribution in [3.05, 3.63) is 0 Å². The maximum absolute atomic E-state index is 12.1. The first-order chi connectivity index (χ1) is 9.28. The fourth-order valence-electron chi connectivity index (χ4n) is 3.64. The van der Waals surface area contributed by atoms with Gasteiger partial charge in [0.05, 0.1) is 0 Å². The average Bonchev–Trinajstić information content (AvgIpc) is 2.42. The van der Waals surface area contributed by atoms with Gasteiger partial charge in [-0.2, -0.15) is 0 Å². The minimum Gasteiger partial charge on any atom is -0.353 e. The Kier molecular flexibility index (Phi) is 8.55. The average molecular weight is 303 g/mol. The Morgan fingerprint density at radius 3 is 2.30 bits per heavy atom. The van der Waals surface area contributed by atoms with Gasteiger partial charge in [-0.05, 0) is 63.5 Å². The smallest absolute Gasteiger partial charge is 0.220 e. The maximum Gasteiger partial charge on any atom is 0.220 e. The van der Waals surface area contributed by atoms with E-state index in [1.54, 1.807) is 0 Å². The van der Waals surface area contributed by atoms with Crippen LogP contribution in [-0.2, 0) is 4.79 Å². The van der Waals surface area contributed by atoms with Gasteiger partial charge in [-0.15, -0.1) is 12.4 Å². The third-order valence-electron chi connectivity index (χ3n) is 4.84. The van der Waals surface area contributed by atoms with E-state index in [0.29, 0.717) is 17.9 Å². The number of rotatable bonds is 5. The van der Waals surface area contributed by atoms with E-state index < -0.39 is 0 Å². The zero-order chi connectivity index (χ0) is 13.5. The van der Waals surface area contributed by atoms with Gasteiger partial charge in [-0.1, -0.05) is 19.8 Å². The number of hydrogen-bond acceptors (Lipinski definition) is 2. The van der Waals surface area contributed by atoms with Crippen LogP contribution in [0, 0.1) is 11.8 Å². The SMILES string of the molecule is CCCC1CCC(NC(=O)CC2CCNCC2)CC1.Cl. The van der Waals surface area contributed by atoms with Gasteiger partial charge in [0.2, 0.25) is 5.91 Å². The summed E-state index contributed by atoms with van der Waals surface area (Å²) in [6, 6.07) is 0.460. The van der Waals surface area contributed by atoms with E-state index in [2.05, 4.69) is 17.6 Å². The van der Waals surface area contributed by atoms with Gasteiger partial charge in [0.25, 0.3) is 0 Å². The van der Waals surface area contributed by atoms with Crippen molar-refractivity contribution in [2.75, 3.05) is 13.1 Å². The third kappa shape index (κ3) is 6.01. The quantitative estimate of drug-likeness (QED) is 0.818. The first-order valence-corrected chi connectivity index (χ1v) is 8.28. The molecule has 0 atom stereocenters. The summed E-state index contributed by atoms with van der Waals surface area (Å²) in [6.07, 6.45) is 10.8. The lowest BCUT2D eigenvalue weighted by Crippen LogP contribution is -2.39. The van der Waals surface area contributed by atoms with Gasteiger partial charge >= 0.3 is 0 Å². The molecule has 3 nitrogen and oxygen atoms in total. The molecular weight excluding hydrogens is 272 g/mol. The number of carbonyl (C=O) groups is 1. The molecule has 20 heavy (non-hydrogen) atoms. The Hall–Kier alpha value is -0.280. The Morgan fingerprint density at radius 2 is 1.70 bits per heavy atom. The van der Waals surface area contributed by atoms with Crippen LogP contribution in [0.3, 0.4) is 0 Å². The van der Waals surface area contributed by atoms with Crippen molar-refractivity contribution in [2.24, 2.45) is 11.8 Å². The molecule has 2 N–H and O–H groups in total. The summed E-state index contributed by atoms with van der Waals surface area (Å²) in [6.45, 7) is 4.44. The lowest BCUT2D eigenvalue weighted by Gasteiger charge is -2.30. The Labute approximate surface area is 130 Å². The van der Waals surface area contributed by atoms with Crippen LogP contribution in [0.5, 0.6) is 0 Å². The van der Waals surface area contributed by atoms with Gasteiger partial charge in [0.15, 0.2) is 0 Å². The van der Waals surface area contributed by atoms with E-state index in [1.165, 1.54) is 38.5 Å². The van der Waals surface area contributed by atoms with Crippen molar-refractivity contribution >= 4 is 18.3 Å². The minimum absolute atomic E-state index is 0. The summed E-state index contributed by atoms with van der Waals surface area (Å²) in [7, 11) is 0. The molecule has 1 heterocycles. The monoisotopic (exact) mass is 302 g/mol. The molecule has 1 aliphatic heterocycles. The highest BCUT2D eigenvalue weighted by atomic mass is 35.5. The molecule has 0 spiro atoms. The highest BCUT2D eigenvalue weighted by molar-refractivity contribution is 5.85. The zero-order valence-electron chi connectivity index (χ0n) is 12.8. The number of carbonyl (C=O) groups excluding carboxylic acids is 1. The molecule has 0 aromatic heterocycles. The molecule has 0 bridgehead atoms. The highest BCUT2D eigenvalue weighted by Crippen LogP contribution is 2.28. The number of halogens is 1. The van der Waals surface area contributed by atoms with Crippen LogP contribution in [0.2, 0.25) is 0 Å². The van der Waals surface area contributed by atoms with E-state index in [9.17, 15) is 4.79 Å². The van der Waals surface area contributed by atoms with Crippen molar-refractivity contribution in [1.29, 1.82) is 0 Å². The normalized spacial score (nSPS) is 27.6. The summed E-state index contributed by atoms with van der Waals surface area (Å²) < 4.78 is 0. The maximum atomic E-state index is 12.1. The second-order valence-corrected chi connectivity index (χ2v) is 6.47. The molecule has 0 aromatic rings. The van der Waals surface area contributed by atoms with E-state index >= 15 is 0 Å². The molecule has 2 rings (SSSR count). The van der Waals surface area contributed by atoms with Gasteiger partial charge in [0.1, 0.15) is 0 Å². The van der Waals surface area contributed by atoms with Crippen molar-refractivity contribution in [1.82, 2.24) is 10.6 Å². The van der Waals surface area contributed by atoms with E-state index in [0.717, 1.165) is 38.3 Å².